The predicted molar refractivity (Wildman–Crippen MR) is 73.6 cm³/mol. The summed E-state index contributed by atoms with van der Waals surface area (Å²) >= 11 is 1.71. The number of aliphatic hydroxyl groups is 1. The Kier molecular flexibility index (Phi) is 5.08. The number of carbonyl (C=O) groups excluding carboxylic acids is 1. The summed E-state index contributed by atoms with van der Waals surface area (Å²) in [5.74, 6) is 0.979. The quantitative estimate of drug-likeness (QED) is 0.829. The number of hydrogen-bond acceptors (Lipinski definition) is 3. The van der Waals surface area contributed by atoms with Crippen LogP contribution < -0.4 is 0 Å². The zero-order chi connectivity index (χ0) is 12.8. The van der Waals surface area contributed by atoms with E-state index in [9.17, 15) is 9.90 Å². The Labute approximate surface area is 112 Å². The van der Waals surface area contributed by atoms with Gasteiger partial charge in [0.25, 0.3) is 0 Å². The van der Waals surface area contributed by atoms with Crippen molar-refractivity contribution in [3.63, 3.8) is 0 Å². The van der Waals surface area contributed by atoms with E-state index in [0.717, 1.165) is 25.1 Å². The molecule has 0 aliphatic carbocycles. The highest BCUT2D eigenvalue weighted by molar-refractivity contribution is 7.99. The first-order chi connectivity index (χ1) is 8.81. The topological polar surface area (TPSA) is 40.5 Å². The van der Waals surface area contributed by atoms with Crippen LogP contribution in [0.3, 0.4) is 0 Å². The molecule has 1 saturated heterocycles. The lowest BCUT2D eigenvalue weighted by Gasteiger charge is -2.22. The minimum Gasteiger partial charge on any atom is -0.394 e. The molecular weight excluding hydrogens is 246 g/mol. The van der Waals surface area contributed by atoms with Crippen LogP contribution in [0.4, 0.5) is 0 Å². The highest BCUT2D eigenvalue weighted by Gasteiger charge is 2.27. The molecule has 1 N–H and O–H groups in total. The second-order valence-electron chi connectivity index (χ2n) is 4.48. The lowest BCUT2D eigenvalue weighted by atomic mass is 10.2. The third-order valence-electron chi connectivity index (χ3n) is 3.24. The number of thioether (sulfide) groups is 1. The molecule has 0 radical (unpaired) electrons. The van der Waals surface area contributed by atoms with Crippen LogP contribution in [0, 0.1) is 0 Å². The number of carbonyl (C=O) groups is 1. The van der Waals surface area contributed by atoms with E-state index in [2.05, 4.69) is 12.1 Å². The highest BCUT2D eigenvalue weighted by Crippen LogP contribution is 2.21. The number of benzene rings is 1. The van der Waals surface area contributed by atoms with Crippen molar-refractivity contribution in [2.75, 3.05) is 18.9 Å². The van der Waals surface area contributed by atoms with Crippen LogP contribution in [0.25, 0.3) is 0 Å². The van der Waals surface area contributed by atoms with E-state index in [4.69, 9.17) is 0 Å². The lowest BCUT2D eigenvalue weighted by molar-refractivity contribution is -0.132. The summed E-state index contributed by atoms with van der Waals surface area (Å²) in [6.45, 7) is 0.900. The number of nitrogens with zero attached hydrogens (tertiary/aromatic N) is 1. The van der Waals surface area contributed by atoms with Gasteiger partial charge >= 0.3 is 0 Å². The Morgan fingerprint density at radius 1 is 1.39 bits per heavy atom. The summed E-state index contributed by atoms with van der Waals surface area (Å²) in [5, 5.41) is 9.19. The van der Waals surface area contributed by atoms with Gasteiger partial charge in [0.05, 0.1) is 12.6 Å². The van der Waals surface area contributed by atoms with Gasteiger partial charge in [-0.05, 0) is 25.0 Å². The maximum atomic E-state index is 12.0. The Hall–Kier alpha value is -1.00. The summed E-state index contributed by atoms with van der Waals surface area (Å²) < 4.78 is 0. The summed E-state index contributed by atoms with van der Waals surface area (Å²) in [6.07, 6.45) is 2.51. The molecule has 1 aromatic carbocycles. The van der Waals surface area contributed by atoms with E-state index in [1.54, 1.807) is 11.8 Å². The summed E-state index contributed by atoms with van der Waals surface area (Å²) in [5.41, 5.74) is 0. The molecule has 4 heteroatoms. The predicted octanol–water partition coefficient (Wildman–Crippen LogP) is 2.15. The zero-order valence-electron chi connectivity index (χ0n) is 10.4. The fourth-order valence-corrected chi connectivity index (χ4v) is 3.13. The third kappa shape index (κ3) is 3.50. The molecule has 1 amide bonds. The van der Waals surface area contributed by atoms with Crippen molar-refractivity contribution < 1.29 is 9.90 Å². The Morgan fingerprint density at radius 2 is 2.17 bits per heavy atom. The normalized spacial score (nSPS) is 19.2. The maximum absolute atomic E-state index is 12.0. The van der Waals surface area contributed by atoms with Crippen LogP contribution in [0.2, 0.25) is 0 Å². The van der Waals surface area contributed by atoms with Crippen LogP contribution in [0.5, 0.6) is 0 Å². The van der Waals surface area contributed by atoms with Crippen molar-refractivity contribution in [3.8, 4) is 0 Å². The van der Waals surface area contributed by atoms with Gasteiger partial charge in [-0.3, -0.25) is 4.79 Å². The molecule has 0 bridgehead atoms. The first kappa shape index (κ1) is 13.4. The molecule has 1 atom stereocenters. The van der Waals surface area contributed by atoms with Gasteiger partial charge in [0.2, 0.25) is 5.91 Å². The summed E-state index contributed by atoms with van der Waals surface area (Å²) in [6, 6.07) is 10.2. The fourth-order valence-electron chi connectivity index (χ4n) is 2.27. The minimum absolute atomic E-state index is 0.0548. The molecule has 1 heterocycles. The fraction of sp³-hybridized carbons (Fsp3) is 0.500. The van der Waals surface area contributed by atoms with Gasteiger partial charge in [-0.25, -0.2) is 0 Å². The van der Waals surface area contributed by atoms with Crippen LogP contribution in [0.15, 0.2) is 35.2 Å². The van der Waals surface area contributed by atoms with Gasteiger partial charge in [-0.15, -0.1) is 11.8 Å². The number of hydrogen-bond donors (Lipinski definition) is 1. The smallest absolute Gasteiger partial charge is 0.223 e. The first-order valence-electron chi connectivity index (χ1n) is 6.39. The molecule has 18 heavy (non-hydrogen) atoms. The maximum Gasteiger partial charge on any atom is 0.223 e. The molecule has 0 unspecified atom stereocenters. The second kappa shape index (κ2) is 6.81. The van der Waals surface area contributed by atoms with Gasteiger partial charge in [0.1, 0.15) is 0 Å². The van der Waals surface area contributed by atoms with Gasteiger partial charge in [-0.2, -0.15) is 0 Å². The highest BCUT2D eigenvalue weighted by atomic mass is 32.2. The summed E-state index contributed by atoms with van der Waals surface area (Å²) in [4.78, 5) is 15.0. The minimum atomic E-state index is 0.0548. The SMILES string of the molecule is O=C(CCSc1ccccc1)N1CCC[C@@H]1CO. The van der Waals surface area contributed by atoms with E-state index >= 15 is 0 Å². The molecule has 0 aromatic heterocycles. The molecular formula is C14H19NO2S. The van der Waals surface area contributed by atoms with E-state index in [1.165, 1.54) is 4.90 Å². The molecule has 0 saturated carbocycles. The first-order valence-corrected chi connectivity index (χ1v) is 7.38. The molecule has 1 aromatic rings. The van der Waals surface area contributed by atoms with Crippen molar-refractivity contribution in [2.45, 2.75) is 30.2 Å². The molecule has 1 fully saturated rings. The van der Waals surface area contributed by atoms with Gasteiger partial charge < -0.3 is 10.0 Å². The number of rotatable bonds is 5. The molecule has 1 aliphatic rings. The Balaban J connectivity index is 1.75. The van der Waals surface area contributed by atoms with Gasteiger partial charge in [0, 0.05) is 23.6 Å². The third-order valence-corrected chi connectivity index (χ3v) is 4.25. The molecule has 1 aliphatic heterocycles. The Morgan fingerprint density at radius 3 is 2.89 bits per heavy atom. The van der Waals surface area contributed by atoms with Crippen molar-refractivity contribution in [2.24, 2.45) is 0 Å². The van der Waals surface area contributed by atoms with E-state index < -0.39 is 0 Å². The van der Waals surface area contributed by atoms with Crippen LogP contribution in [-0.2, 0) is 4.79 Å². The van der Waals surface area contributed by atoms with Gasteiger partial charge in [-0.1, -0.05) is 18.2 Å². The molecule has 98 valence electrons. The molecule has 2 rings (SSSR count). The molecule has 3 nitrogen and oxygen atoms in total. The average Bonchev–Trinajstić information content (AvgIpc) is 2.88. The van der Waals surface area contributed by atoms with Crippen molar-refractivity contribution in [1.29, 1.82) is 0 Å². The lowest BCUT2D eigenvalue weighted by Crippen LogP contribution is -2.37. The van der Waals surface area contributed by atoms with Crippen LogP contribution in [-0.4, -0.2) is 40.9 Å². The average molecular weight is 265 g/mol. The van der Waals surface area contributed by atoms with Gasteiger partial charge in [0.15, 0.2) is 0 Å². The number of aliphatic hydroxyl groups excluding tert-OH is 1. The summed E-state index contributed by atoms with van der Waals surface area (Å²) in [7, 11) is 0. The van der Waals surface area contributed by atoms with Crippen LogP contribution >= 0.6 is 11.8 Å². The zero-order valence-corrected chi connectivity index (χ0v) is 11.2. The number of likely N-dealkylation sites (tertiary alicyclic amines) is 1. The molecule has 0 spiro atoms. The van der Waals surface area contributed by atoms with E-state index in [1.807, 2.05) is 23.1 Å². The van der Waals surface area contributed by atoms with Crippen molar-refractivity contribution in [3.05, 3.63) is 30.3 Å². The van der Waals surface area contributed by atoms with Crippen molar-refractivity contribution in [1.82, 2.24) is 4.90 Å². The Bertz CT molecular complexity index is 383. The van der Waals surface area contributed by atoms with E-state index in [0.29, 0.717) is 6.42 Å². The standard InChI is InChI=1S/C14H19NO2S/c16-11-12-5-4-9-15(12)14(17)8-10-18-13-6-2-1-3-7-13/h1-3,6-7,12,16H,4-5,8-11H2/t12-/m1/s1. The van der Waals surface area contributed by atoms with E-state index in [-0.39, 0.29) is 18.6 Å². The number of amides is 1. The largest absolute Gasteiger partial charge is 0.394 e. The van der Waals surface area contributed by atoms with Crippen LogP contribution in [0.1, 0.15) is 19.3 Å². The van der Waals surface area contributed by atoms with Crippen molar-refractivity contribution >= 4 is 17.7 Å². The monoisotopic (exact) mass is 265 g/mol. The second-order valence-corrected chi connectivity index (χ2v) is 5.65.